The molecule has 1 saturated carbocycles. The summed E-state index contributed by atoms with van der Waals surface area (Å²) in [5.41, 5.74) is 0. The number of rotatable bonds is 3. The monoisotopic (exact) mass is 287 g/mol. The van der Waals surface area contributed by atoms with E-state index in [-0.39, 0.29) is 11.8 Å². The number of carbonyl (C=O) groups excluding carboxylic acids is 1. The smallest absolute Gasteiger partial charge is 0.307 e. The zero-order valence-electron chi connectivity index (χ0n) is 11.2. The summed E-state index contributed by atoms with van der Waals surface area (Å²) in [5, 5.41) is 9.27. The van der Waals surface area contributed by atoms with Crippen LogP contribution in [0.1, 0.15) is 26.2 Å². The number of amides is 1. The highest BCUT2D eigenvalue weighted by atomic mass is 32.2. The number of carboxylic acid groups (broad SMARTS) is 1. The summed E-state index contributed by atoms with van der Waals surface area (Å²) in [7, 11) is -0.815. The highest BCUT2D eigenvalue weighted by Gasteiger charge is 2.43. The van der Waals surface area contributed by atoms with Crippen molar-refractivity contribution in [2.24, 2.45) is 17.8 Å². The van der Waals surface area contributed by atoms with Crippen LogP contribution in [0.15, 0.2) is 0 Å². The maximum absolute atomic E-state index is 12.4. The van der Waals surface area contributed by atoms with Crippen molar-refractivity contribution in [3.05, 3.63) is 0 Å². The van der Waals surface area contributed by atoms with Gasteiger partial charge in [-0.1, -0.05) is 13.3 Å². The Morgan fingerprint density at radius 3 is 2.32 bits per heavy atom. The van der Waals surface area contributed by atoms with Crippen molar-refractivity contribution in [2.75, 3.05) is 24.6 Å². The van der Waals surface area contributed by atoms with Gasteiger partial charge < -0.3 is 10.0 Å². The fourth-order valence-electron chi connectivity index (χ4n) is 3.11. The second-order valence-corrected chi connectivity index (χ2v) is 7.17. The van der Waals surface area contributed by atoms with Crippen molar-refractivity contribution in [3.8, 4) is 0 Å². The van der Waals surface area contributed by atoms with E-state index in [0.717, 1.165) is 6.42 Å². The molecule has 0 radical (unpaired) electrons. The van der Waals surface area contributed by atoms with Gasteiger partial charge in [0.25, 0.3) is 0 Å². The molecule has 1 amide bonds. The Morgan fingerprint density at radius 2 is 1.79 bits per heavy atom. The Bertz CT molecular complexity index is 388. The van der Waals surface area contributed by atoms with Crippen molar-refractivity contribution < 1.29 is 18.9 Å². The first-order chi connectivity index (χ1) is 9.02. The molecule has 1 saturated heterocycles. The van der Waals surface area contributed by atoms with E-state index in [1.807, 2.05) is 6.92 Å². The van der Waals surface area contributed by atoms with E-state index in [0.29, 0.717) is 43.4 Å². The first-order valence-electron chi connectivity index (χ1n) is 6.89. The first kappa shape index (κ1) is 14.5. The van der Waals surface area contributed by atoms with Gasteiger partial charge in [-0.15, -0.1) is 0 Å². The number of hydrogen-bond donors (Lipinski definition) is 1. The van der Waals surface area contributed by atoms with Crippen LogP contribution < -0.4 is 0 Å². The minimum absolute atomic E-state index is 0.0416. The minimum Gasteiger partial charge on any atom is -0.481 e. The average molecular weight is 287 g/mol. The molecule has 2 fully saturated rings. The molecule has 0 aromatic rings. The molecule has 6 heteroatoms. The zero-order valence-corrected chi connectivity index (χ0v) is 12.0. The molecule has 1 N–H and O–H groups in total. The molecule has 3 atom stereocenters. The highest BCUT2D eigenvalue weighted by molar-refractivity contribution is 7.85. The van der Waals surface area contributed by atoms with Crippen molar-refractivity contribution in [2.45, 2.75) is 26.2 Å². The maximum atomic E-state index is 12.4. The summed E-state index contributed by atoms with van der Waals surface area (Å²) >= 11 is 0. The standard InChI is InChI=1S/C13H21NO4S/c1-2-9-7-10(11(8-9)13(16)17)12(15)14-3-5-19(18)6-4-14/h9-11H,2-8H2,1H3,(H,16,17). The molecule has 19 heavy (non-hydrogen) atoms. The van der Waals surface area contributed by atoms with Crippen LogP contribution in [-0.2, 0) is 20.4 Å². The second-order valence-electron chi connectivity index (χ2n) is 5.47. The van der Waals surface area contributed by atoms with Gasteiger partial charge in [0.15, 0.2) is 0 Å². The molecule has 2 aliphatic rings. The van der Waals surface area contributed by atoms with Gasteiger partial charge in [-0.2, -0.15) is 0 Å². The molecule has 5 nitrogen and oxygen atoms in total. The molecule has 0 aromatic heterocycles. The Morgan fingerprint density at radius 1 is 1.21 bits per heavy atom. The normalized spacial score (nSPS) is 32.5. The quantitative estimate of drug-likeness (QED) is 0.830. The molecule has 1 heterocycles. The molecule has 1 aliphatic carbocycles. The third kappa shape index (κ3) is 3.16. The van der Waals surface area contributed by atoms with Gasteiger partial charge in [-0.3, -0.25) is 13.8 Å². The van der Waals surface area contributed by atoms with Crippen LogP contribution in [0.25, 0.3) is 0 Å². The molecule has 2 rings (SSSR count). The van der Waals surface area contributed by atoms with Crippen molar-refractivity contribution in [1.82, 2.24) is 4.90 Å². The van der Waals surface area contributed by atoms with Crippen LogP contribution in [0.4, 0.5) is 0 Å². The van der Waals surface area contributed by atoms with Gasteiger partial charge in [0.1, 0.15) is 0 Å². The van der Waals surface area contributed by atoms with Crippen LogP contribution >= 0.6 is 0 Å². The predicted molar refractivity (Wildman–Crippen MR) is 72.1 cm³/mol. The summed E-state index contributed by atoms with van der Waals surface area (Å²) < 4.78 is 11.3. The van der Waals surface area contributed by atoms with E-state index in [4.69, 9.17) is 0 Å². The van der Waals surface area contributed by atoms with Gasteiger partial charge >= 0.3 is 5.97 Å². The van der Waals surface area contributed by atoms with Gasteiger partial charge in [0, 0.05) is 35.4 Å². The number of hydrogen-bond acceptors (Lipinski definition) is 3. The molecule has 3 unspecified atom stereocenters. The van der Waals surface area contributed by atoms with Crippen molar-refractivity contribution in [1.29, 1.82) is 0 Å². The van der Waals surface area contributed by atoms with Crippen LogP contribution in [0, 0.1) is 17.8 Å². The maximum Gasteiger partial charge on any atom is 0.307 e. The fraction of sp³-hybridized carbons (Fsp3) is 0.846. The van der Waals surface area contributed by atoms with Crippen LogP contribution in [0.5, 0.6) is 0 Å². The van der Waals surface area contributed by atoms with Gasteiger partial charge in [0.05, 0.1) is 11.8 Å². The van der Waals surface area contributed by atoms with Crippen molar-refractivity contribution in [3.63, 3.8) is 0 Å². The highest BCUT2D eigenvalue weighted by Crippen LogP contribution is 2.39. The molecular weight excluding hydrogens is 266 g/mol. The summed E-state index contributed by atoms with van der Waals surface area (Å²) in [6.07, 6.45) is 2.23. The molecule has 0 aromatic carbocycles. The number of aliphatic carboxylic acids is 1. The van der Waals surface area contributed by atoms with E-state index >= 15 is 0 Å². The number of nitrogens with zero attached hydrogens (tertiary/aromatic N) is 1. The summed E-state index contributed by atoms with van der Waals surface area (Å²) in [6, 6.07) is 0. The van der Waals surface area contributed by atoms with Crippen LogP contribution in [0.2, 0.25) is 0 Å². The Hall–Kier alpha value is -0.910. The average Bonchev–Trinajstić information content (AvgIpc) is 2.83. The van der Waals surface area contributed by atoms with E-state index < -0.39 is 22.7 Å². The molecule has 0 bridgehead atoms. The summed E-state index contributed by atoms with van der Waals surface area (Å²) in [4.78, 5) is 25.4. The van der Waals surface area contributed by atoms with Crippen LogP contribution in [-0.4, -0.2) is 50.7 Å². The van der Waals surface area contributed by atoms with Gasteiger partial charge in [0.2, 0.25) is 5.91 Å². The summed E-state index contributed by atoms with van der Waals surface area (Å²) in [6.45, 7) is 3.05. The third-order valence-corrected chi connectivity index (χ3v) is 5.64. The SMILES string of the molecule is CCC1CC(C(=O)O)C(C(=O)N2CCS(=O)CC2)C1. The molecule has 0 spiro atoms. The van der Waals surface area contributed by atoms with E-state index in [1.165, 1.54) is 0 Å². The zero-order chi connectivity index (χ0) is 14.0. The van der Waals surface area contributed by atoms with Crippen LogP contribution in [0.3, 0.4) is 0 Å². The number of carboxylic acids is 1. The molecular formula is C13H21NO4S. The largest absolute Gasteiger partial charge is 0.481 e. The van der Waals surface area contributed by atoms with Crippen molar-refractivity contribution >= 4 is 22.7 Å². The Labute approximate surface area is 115 Å². The lowest BCUT2D eigenvalue weighted by Gasteiger charge is -2.30. The Kier molecular flexibility index (Phi) is 4.60. The van der Waals surface area contributed by atoms with Gasteiger partial charge in [-0.05, 0) is 18.8 Å². The lowest BCUT2D eigenvalue weighted by Crippen LogP contribution is -2.46. The van der Waals surface area contributed by atoms with E-state index in [1.54, 1.807) is 4.90 Å². The summed E-state index contributed by atoms with van der Waals surface area (Å²) in [5.74, 6) is -0.427. The minimum atomic E-state index is -0.852. The fourth-order valence-corrected chi connectivity index (χ4v) is 4.17. The lowest BCUT2D eigenvalue weighted by molar-refractivity contribution is -0.149. The van der Waals surface area contributed by atoms with Gasteiger partial charge in [-0.25, -0.2) is 0 Å². The third-order valence-electron chi connectivity index (χ3n) is 4.36. The second kappa shape index (κ2) is 6.03. The lowest BCUT2D eigenvalue weighted by atomic mass is 9.94. The molecule has 108 valence electrons. The predicted octanol–water partition coefficient (Wildman–Crippen LogP) is 0.714. The first-order valence-corrected chi connectivity index (χ1v) is 8.38. The number of carbonyl (C=O) groups is 2. The Balaban J connectivity index is 2.04. The van der Waals surface area contributed by atoms with E-state index in [2.05, 4.69) is 0 Å². The topological polar surface area (TPSA) is 74.7 Å². The molecule has 1 aliphatic heterocycles. The van der Waals surface area contributed by atoms with E-state index in [9.17, 15) is 18.9 Å².